The molecule has 0 radical (unpaired) electrons. The van der Waals surface area contributed by atoms with Crippen molar-refractivity contribution in [3.05, 3.63) is 46.2 Å². The fourth-order valence-electron chi connectivity index (χ4n) is 1.91. The van der Waals surface area contributed by atoms with Crippen molar-refractivity contribution in [2.45, 2.75) is 19.4 Å². The molecule has 1 unspecified atom stereocenters. The molecule has 0 aliphatic carbocycles. The first-order valence-electron chi connectivity index (χ1n) is 6.76. The molecule has 1 amide bonds. The molecule has 0 bridgehead atoms. The molecule has 0 aliphatic heterocycles. The van der Waals surface area contributed by atoms with Crippen LogP contribution in [0.15, 0.2) is 24.3 Å². The van der Waals surface area contributed by atoms with Crippen molar-refractivity contribution < 1.29 is 13.9 Å². The number of hydrogen-bond acceptors (Lipinski definition) is 5. The van der Waals surface area contributed by atoms with Crippen LogP contribution in [-0.2, 0) is 16.0 Å². The van der Waals surface area contributed by atoms with E-state index in [1.165, 1.54) is 24.5 Å². The lowest BCUT2D eigenvalue weighted by molar-refractivity contribution is -0.118. The second kappa shape index (κ2) is 8.93. The van der Waals surface area contributed by atoms with Crippen LogP contribution in [0, 0.1) is 12.7 Å². The number of nitrogens with two attached hydrogens (primary N) is 1. The summed E-state index contributed by atoms with van der Waals surface area (Å²) in [5.74, 6) is -0.601. The summed E-state index contributed by atoms with van der Waals surface area (Å²) in [6.45, 7) is 1.97. The summed E-state index contributed by atoms with van der Waals surface area (Å²) in [5, 5.41) is 3.12. The number of carbonyl (C=O) groups is 1. The van der Waals surface area contributed by atoms with E-state index in [0.717, 1.165) is 10.6 Å². The number of aryl methyl sites for hydroxylation is 1. The topological polar surface area (TPSA) is 77.2 Å². The van der Waals surface area contributed by atoms with E-state index in [9.17, 15) is 9.18 Å². The van der Waals surface area contributed by atoms with Crippen LogP contribution in [0.4, 0.5) is 9.52 Å². The molecule has 0 fully saturated rings. The van der Waals surface area contributed by atoms with E-state index in [1.54, 1.807) is 18.2 Å². The number of nitrogens with zero attached hydrogens (tertiary/aromatic N) is 1. The zero-order valence-corrected chi connectivity index (χ0v) is 14.5. The average Bonchev–Trinajstić information content (AvgIpc) is 2.81. The van der Waals surface area contributed by atoms with Gasteiger partial charge >= 0.3 is 0 Å². The van der Waals surface area contributed by atoms with Crippen LogP contribution < -0.4 is 11.1 Å². The predicted molar refractivity (Wildman–Crippen MR) is 91.8 cm³/mol. The van der Waals surface area contributed by atoms with Gasteiger partial charge < -0.3 is 15.8 Å². The highest BCUT2D eigenvalue weighted by molar-refractivity contribution is 7.15. The minimum Gasteiger partial charge on any atom is -0.383 e. The maximum atomic E-state index is 13.7. The zero-order chi connectivity index (χ0) is 16.1. The standard InChI is InChI=1S/C15H18FN3O2S.ClH/c1-9-13(7-10-5-3-4-6-11(10)16)22-15(18-9)19-14(20)12(17)8-21-2;/h3-6,12H,7-8,17H2,1-2H3,(H,18,19,20);1H. The molecule has 5 nitrogen and oxygen atoms in total. The number of halogens is 2. The number of hydrogen-bond donors (Lipinski definition) is 2. The second-order valence-electron chi connectivity index (χ2n) is 4.85. The van der Waals surface area contributed by atoms with Gasteiger partial charge in [0.25, 0.3) is 0 Å². The Morgan fingerprint density at radius 2 is 2.17 bits per heavy atom. The van der Waals surface area contributed by atoms with Crippen molar-refractivity contribution >= 4 is 34.8 Å². The van der Waals surface area contributed by atoms with E-state index in [2.05, 4.69) is 10.3 Å². The monoisotopic (exact) mass is 359 g/mol. The van der Waals surface area contributed by atoms with Gasteiger partial charge in [-0.15, -0.1) is 23.7 Å². The third-order valence-corrected chi connectivity index (χ3v) is 4.19. The largest absolute Gasteiger partial charge is 0.383 e. The highest BCUT2D eigenvalue weighted by atomic mass is 35.5. The summed E-state index contributed by atoms with van der Waals surface area (Å²) in [7, 11) is 1.48. The summed E-state index contributed by atoms with van der Waals surface area (Å²) in [5.41, 5.74) is 7.02. The van der Waals surface area contributed by atoms with Crippen molar-refractivity contribution in [2.75, 3.05) is 19.0 Å². The highest BCUT2D eigenvalue weighted by Crippen LogP contribution is 2.26. The fourth-order valence-corrected chi connectivity index (χ4v) is 2.90. The highest BCUT2D eigenvalue weighted by Gasteiger charge is 2.16. The third kappa shape index (κ3) is 5.24. The summed E-state index contributed by atoms with van der Waals surface area (Å²) < 4.78 is 18.5. The Hall–Kier alpha value is -1.54. The van der Waals surface area contributed by atoms with Crippen LogP contribution in [0.2, 0.25) is 0 Å². The molecule has 8 heteroatoms. The van der Waals surface area contributed by atoms with Crippen molar-refractivity contribution in [2.24, 2.45) is 5.73 Å². The van der Waals surface area contributed by atoms with Crippen LogP contribution in [0.5, 0.6) is 0 Å². The molecule has 23 heavy (non-hydrogen) atoms. The van der Waals surface area contributed by atoms with E-state index in [1.807, 2.05) is 6.92 Å². The fraction of sp³-hybridized carbons (Fsp3) is 0.333. The summed E-state index contributed by atoms with van der Waals surface area (Å²) in [6.07, 6.45) is 0.441. The van der Waals surface area contributed by atoms with Crippen LogP contribution in [-0.4, -0.2) is 30.6 Å². The molecule has 2 rings (SSSR count). The lowest BCUT2D eigenvalue weighted by Gasteiger charge is -2.08. The third-order valence-electron chi connectivity index (χ3n) is 3.11. The Bertz CT molecular complexity index is 666. The van der Waals surface area contributed by atoms with Gasteiger partial charge in [-0.1, -0.05) is 18.2 Å². The number of rotatable bonds is 6. The SMILES string of the molecule is COCC(N)C(=O)Nc1nc(C)c(Cc2ccccc2F)s1.Cl. The Balaban J connectivity index is 0.00000264. The number of methoxy groups -OCH3 is 1. The molecular weight excluding hydrogens is 341 g/mol. The maximum absolute atomic E-state index is 13.7. The molecule has 0 aliphatic rings. The average molecular weight is 360 g/mol. The van der Waals surface area contributed by atoms with Crippen LogP contribution in [0.3, 0.4) is 0 Å². The molecule has 3 N–H and O–H groups in total. The Morgan fingerprint density at radius 1 is 1.48 bits per heavy atom. The van der Waals surface area contributed by atoms with Crippen LogP contribution in [0.1, 0.15) is 16.1 Å². The number of anilines is 1. The van der Waals surface area contributed by atoms with Gasteiger partial charge in [-0.2, -0.15) is 0 Å². The number of thiazole rings is 1. The van der Waals surface area contributed by atoms with E-state index in [-0.39, 0.29) is 30.7 Å². The number of ether oxygens (including phenoxy) is 1. The van der Waals surface area contributed by atoms with Gasteiger partial charge in [-0.05, 0) is 18.6 Å². The maximum Gasteiger partial charge on any atom is 0.245 e. The van der Waals surface area contributed by atoms with Crippen molar-refractivity contribution in [3.63, 3.8) is 0 Å². The van der Waals surface area contributed by atoms with Crippen LogP contribution >= 0.6 is 23.7 Å². The Labute approximate surface area is 144 Å². The molecule has 0 spiro atoms. The van der Waals surface area contributed by atoms with E-state index < -0.39 is 6.04 Å². The Kier molecular flexibility index (Phi) is 7.57. The van der Waals surface area contributed by atoms with Crippen LogP contribution in [0.25, 0.3) is 0 Å². The van der Waals surface area contributed by atoms with Crippen molar-refractivity contribution in [1.82, 2.24) is 4.98 Å². The summed E-state index contributed by atoms with van der Waals surface area (Å²) >= 11 is 1.32. The minimum atomic E-state index is -0.746. The van der Waals surface area contributed by atoms with Gasteiger partial charge in [0.1, 0.15) is 11.9 Å². The summed E-state index contributed by atoms with van der Waals surface area (Å²) in [4.78, 5) is 17.0. The minimum absolute atomic E-state index is 0. The number of aromatic nitrogens is 1. The molecule has 1 atom stereocenters. The number of benzene rings is 1. The smallest absolute Gasteiger partial charge is 0.245 e. The van der Waals surface area contributed by atoms with E-state index in [0.29, 0.717) is 17.1 Å². The van der Waals surface area contributed by atoms with E-state index in [4.69, 9.17) is 10.5 Å². The second-order valence-corrected chi connectivity index (χ2v) is 5.93. The lowest BCUT2D eigenvalue weighted by atomic mass is 10.1. The van der Waals surface area contributed by atoms with Gasteiger partial charge in [0.15, 0.2) is 5.13 Å². The summed E-state index contributed by atoms with van der Waals surface area (Å²) in [6, 6.07) is 5.87. The molecule has 2 aromatic rings. The number of amides is 1. The van der Waals surface area contributed by atoms with Gasteiger partial charge in [0, 0.05) is 18.4 Å². The first kappa shape index (κ1) is 19.5. The predicted octanol–water partition coefficient (Wildman–Crippen LogP) is 2.52. The number of nitrogens with one attached hydrogen (secondary N) is 1. The van der Waals surface area contributed by atoms with Gasteiger partial charge in [0.05, 0.1) is 12.3 Å². The molecule has 0 saturated carbocycles. The first-order chi connectivity index (χ1) is 10.5. The lowest BCUT2D eigenvalue weighted by Crippen LogP contribution is -2.39. The molecule has 1 aromatic carbocycles. The molecule has 1 heterocycles. The van der Waals surface area contributed by atoms with Crippen molar-refractivity contribution in [3.8, 4) is 0 Å². The van der Waals surface area contributed by atoms with Gasteiger partial charge in [0.2, 0.25) is 5.91 Å². The number of carbonyl (C=O) groups excluding carboxylic acids is 1. The van der Waals surface area contributed by atoms with Gasteiger partial charge in [-0.3, -0.25) is 4.79 Å². The molecular formula is C15H19ClFN3O2S. The normalized spacial score (nSPS) is 11.7. The Morgan fingerprint density at radius 3 is 2.83 bits per heavy atom. The van der Waals surface area contributed by atoms with E-state index >= 15 is 0 Å². The van der Waals surface area contributed by atoms with Crippen molar-refractivity contribution in [1.29, 1.82) is 0 Å². The van der Waals surface area contributed by atoms with Gasteiger partial charge in [-0.25, -0.2) is 9.37 Å². The first-order valence-corrected chi connectivity index (χ1v) is 7.58. The molecule has 1 aromatic heterocycles. The zero-order valence-electron chi connectivity index (χ0n) is 12.8. The molecule has 0 saturated heterocycles. The quantitative estimate of drug-likeness (QED) is 0.830. The molecule has 126 valence electrons.